The van der Waals surface area contributed by atoms with Gasteiger partial charge in [-0.25, -0.2) is 4.98 Å². The Labute approximate surface area is 112 Å². The summed E-state index contributed by atoms with van der Waals surface area (Å²) < 4.78 is 2.15. The van der Waals surface area contributed by atoms with E-state index in [-0.39, 0.29) is 0 Å². The highest BCUT2D eigenvalue weighted by molar-refractivity contribution is 7.99. The predicted octanol–water partition coefficient (Wildman–Crippen LogP) is 3.27. The first-order chi connectivity index (χ1) is 8.78. The van der Waals surface area contributed by atoms with Gasteiger partial charge in [-0.2, -0.15) is 11.8 Å². The minimum Gasteiger partial charge on any atom is -0.353 e. The van der Waals surface area contributed by atoms with Gasteiger partial charge in [-0.15, -0.1) is 0 Å². The van der Waals surface area contributed by atoms with Crippen LogP contribution in [-0.4, -0.2) is 27.1 Å². The minimum absolute atomic E-state index is 0.581. The van der Waals surface area contributed by atoms with Gasteiger partial charge in [0.15, 0.2) is 0 Å². The molecule has 3 nitrogen and oxygen atoms in total. The van der Waals surface area contributed by atoms with Crippen LogP contribution in [0, 0.1) is 0 Å². The lowest BCUT2D eigenvalue weighted by Crippen LogP contribution is -2.18. The Kier molecular flexibility index (Phi) is 3.20. The summed E-state index contributed by atoms with van der Waals surface area (Å²) in [7, 11) is 2.08. The lowest BCUT2D eigenvalue weighted by atomic mass is 10.2. The second kappa shape index (κ2) is 4.84. The molecule has 1 aliphatic rings. The molecule has 4 heteroatoms. The zero-order valence-electron chi connectivity index (χ0n) is 10.9. The fraction of sp³-hybridized carbons (Fsp3) is 0.500. The number of fused-ring (bicyclic) bond motifs is 1. The van der Waals surface area contributed by atoms with E-state index in [9.17, 15) is 0 Å². The summed E-state index contributed by atoms with van der Waals surface area (Å²) in [5, 5.41) is 4.42. The molecule has 2 aromatic rings. The Hall–Kier alpha value is -1.16. The molecule has 2 atom stereocenters. The summed E-state index contributed by atoms with van der Waals surface area (Å²) in [4.78, 5) is 4.67. The SMILES string of the molecule is CSC1CCC(Nc2nc3ccccc3n2C)C1. The van der Waals surface area contributed by atoms with Crippen molar-refractivity contribution in [2.24, 2.45) is 7.05 Å². The number of imidazole rings is 1. The van der Waals surface area contributed by atoms with E-state index in [0.29, 0.717) is 6.04 Å². The second-order valence-corrected chi connectivity index (χ2v) is 6.13. The van der Waals surface area contributed by atoms with E-state index < -0.39 is 0 Å². The third kappa shape index (κ3) is 2.09. The first-order valence-corrected chi connectivity index (χ1v) is 7.77. The number of nitrogens with one attached hydrogen (secondary N) is 1. The number of aryl methyl sites for hydroxylation is 1. The molecule has 1 saturated carbocycles. The van der Waals surface area contributed by atoms with Crippen LogP contribution >= 0.6 is 11.8 Å². The number of aromatic nitrogens is 2. The number of hydrogen-bond donors (Lipinski definition) is 1. The van der Waals surface area contributed by atoms with Gasteiger partial charge in [-0.05, 0) is 37.7 Å². The van der Waals surface area contributed by atoms with Crippen LogP contribution in [0.5, 0.6) is 0 Å². The van der Waals surface area contributed by atoms with Gasteiger partial charge >= 0.3 is 0 Å². The zero-order chi connectivity index (χ0) is 12.5. The number of hydrogen-bond acceptors (Lipinski definition) is 3. The Bertz CT molecular complexity index is 549. The van der Waals surface area contributed by atoms with Gasteiger partial charge in [0.1, 0.15) is 0 Å². The quantitative estimate of drug-likeness (QED) is 0.919. The molecular formula is C14H19N3S. The standard InChI is InChI=1S/C14H19N3S/c1-17-13-6-4-3-5-12(13)16-14(17)15-10-7-8-11(9-10)18-2/h3-6,10-11H,7-9H2,1-2H3,(H,15,16). The number of benzene rings is 1. The van der Waals surface area contributed by atoms with Crippen LogP contribution in [0.25, 0.3) is 11.0 Å². The average Bonchev–Trinajstić information content (AvgIpc) is 2.97. The van der Waals surface area contributed by atoms with Crippen molar-refractivity contribution >= 4 is 28.7 Å². The molecule has 96 valence electrons. The summed E-state index contributed by atoms with van der Waals surface area (Å²) in [6.45, 7) is 0. The maximum atomic E-state index is 4.67. The normalized spacial score (nSPS) is 23.7. The Morgan fingerprint density at radius 2 is 2.17 bits per heavy atom. The van der Waals surface area contributed by atoms with Crippen molar-refractivity contribution in [2.75, 3.05) is 11.6 Å². The van der Waals surface area contributed by atoms with E-state index in [1.54, 1.807) is 0 Å². The first-order valence-electron chi connectivity index (χ1n) is 6.48. The molecule has 1 fully saturated rings. The fourth-order valence-electron chi connectivity index (χ4n) is 2.74. The maximum Gasteiger partial charge on any atom is 0.203 e. The van der Waals surface area contributed by atoms with Crippen molar-refractivity contribution in [3.05, 3.63) is 24.3 Å². The van der Waals surface area contributed by atoms with Crippen molar-refractivity contribution < 1.29 is 0 Å². The molecule has 0 bridgehead atoms. The third-order valence-corrected chi connectivity index (χ3v) is 4.93. The van der Waals surface area contributed by atoms with Gasteiger partial charge in [-0.3, -0.25) is 0 Å². The zero-order valence-corrected chi connectivity index (χ0v) is 11.7. The number of anilines is 1. The fourth-order valence-corrected chi connectivity index (χ4v) is 3.54. The number of rotatable bonds is 3. The van der Waals surface area contributed by atoms with E-state index in [2.05, 4.69) is 46.4 Å². The molecule has 1 aromatic carbocycles. The van der Waals surface area contributed by atoms with E-state index in [0.717, 1.165) is 16.7 Å². The third-order valence-electron chi connectivity index (χ3n) is 3.84. The van der Waals surface area contributed by atoms with Crippen molar-refractivity contribution in [3.8, 4) is 0 Å². The molecule has 1 aliphatic carbocycles. The van der Waals surface area contributed by atoms with Crippen molar-refractivity contribution in [1.82, 2.24) is 9.55 Å². The lowest BCUT2D eigenvalue weighted by molar-refractivity contribution is 0.736. The predicted molar refractivity (Wildman–Crippen MR) is 79.3 cm³/mol. The van der Waals surface area contributed by atoms with E-state index >= 15 is 0 Å². The highest BCUT2D eigenvalue weighted by Gasteiger charge is 2.24. The smallest absolute Gasteiger partial charge is 0.203 e. The van der Waals surface area contributed by atoms with Crippen molar-refractivity contribution in [1.29, 1.82) is 0 Å². The lowest BCUT2D eigenvalue weighted by Gasteiger charge is -2.13. The highest BCUT2D eigenvalue weighted by atomic mass is 32.2. The van der Waals surface area contributed by atoms with Gasteiger partial charge in [0.2, 0.25) is 5.95 Å². The van der Waals surface area contributed by atoms with E-state index in [1.807, 2.05) is 17.8 Å². The molecule has 0 aliphatic heterocycles. The average molecular weight is 261 g/mol. The molecule has 1 N–H and O–H groups in total. The van der Waals surface area contributed by atoms with Crippen LogP contribution in [0.4, 0.5) is 5.95 Å². The molecule has 0 saturated heterocycles. The Morgan fingerprint density at radius 1 is 1.33 bits per heavy atom. The monoisotopic (exact) mass is 261 g/mol. The number of thioether (sulfide) groups is 1. The molecular weight excluding hydrogens is 242 g/mol. The Morgan fingerprint density at radius 3 is 2.89 bits per heavy atom. The van der Waals surface area contributed by atoms with Crippen molar-refractivity contribution in [2.45, 2.75) is 30.6 Å². The van der Waals surface area contributed by atoms with Crippen LogP contribution in [-0.2, 0) is 7.05 Å². The number of para-hydroxylation sites is 2. The molecule has 0 amide bonds. The van der Waals surface area contributed by atoms with Crippen LogP contribution < -0.4 is 5.32 Å². The molecule has 3 rings (SSSR count). The Balaban J connectivity index is 1.81. The van der Waals surface area contributed by atoms with Gasteiger partial charge in [0.05, 0.1) is 11.0 Å². The number of nitrogens with zero attached hydrogens (tertiary/aromatic N) is 2. The van der Waals surface area contributed by atoms with Crippen LogP contribution in [0.1, 0.15) is 19.3 Å². The summed E-state index contributed by atoms with van der Waals surface area (Å²) in [5.41, 5.74) is 2.27. The van der Waals surface area contributed by atoms with Crippen LogP contribution in [0.15, 0.2) is 24.3 Å². The summed E-state index contributed by atoms with van der Waals surface area (Å²) in [6, 6.07) is 8.87. The molecule has 1 aromatic heterocycles. The second-order valence-electron chi connectivity index (χ2n) is 5.00. The molecule has 0 radical (unpaired) electrons. The van der Waals surface area contributed by atoms with Gasteiger partial charge in [0.25, 0.3) is 0 Å². The molecule has 0 spiro atoms. The largest absolute Gasteiger partial charge is 0.353 e. The van der Waals surface area contributed by atoms with Crippen LogP contribution in [0.3, 0.4) is 0 Å². The highest BCUT2D eigenvalue weighted by Crippen LogP contribution is 2.30. The summed E-state index contributed by atoms with van der Waals surface area (Å²) in [6.07, 6.45) is 6.05. The van der Waals surface area contributed by atoms with Gasteiger partial charge in [0, 0.05) is 18.3 Å². The summed E-state index contributed by atoms with van der Waals surface area (Å²) in [5.74, 6) is 1.00. The van der Waals surface area contributed by atoms with Crippen molar-refractivity contribution in [3.63, 3.8) is 0 Å². The topological polar surface area (TPSA) is 29.9 Å². The first kappa shape index (κ1) is 11.9. The van der Waals surface area contributed by atoms with E-state index in [4.69, 9.17) is 0 Å². The molecule has 2 unspecified atom stereocenters. The maximum absolute atomic E-state index is 4.67. The minimum atomic E-state index is 0.581. The molecule has 1 heterocycles. The molecule has 18 heavy (non-hydrogen) atoms. The van der Waals surface area contributed by atoms with Gasteiger partial charge in [-0.1, -0.05) is 12.1 Å². The van der Waals surface area contributed by atoms with Gasteiger partial charge < -0.3 is 9.88 Å². The summed E-state index contributed by atoms with van der Waals surface area (Å²) >= 11 is 1.99. The van der Waals surface area contributed by atoms with Crippen LogP contribution in [0.2, 0.25) is 0 Å². The van der Waals surface area contributed by atoms with E-state index in [1.165, 1.54) is 24.8 Å².